The van der Waals surface area contributed by atoms with Crippen LogP contribution in [0.15, 0.2) is 23.3 Å². The number of likely N-dealkylation sites (tertiary alicyclic amines) is 1. The summed E-state index contributed by atoms with van der Waals surface area (Å²) in [7, 11) is 2.09. The van der Waals surface area contributed by atoms with Gasteiger partial charge in [-0.25, -0.2) is 4.39 Å². The van der Waals surface area contributed by atoms with Crippen LogP contribution in [0.5, 0.6) is 5.75 Å². The van der Waals surface area contributed by atoms with Crippen LogP contribution in [0.4, 0.5) is 10.1 Å². The number of hydrogen-bond donors (Lipinski definition) is 1. The molecule has 1 saturated heterocycles. The number of nitrogens with one attached hydrogen (secondary N) is 1. The summed E-state index contributed by atoms with van der Waals surface area (Å²) in [6.07, 6.45) is 2.08. The van der Waals surface area contributed by atoms with Gasteiger partial charge in [0.05, 0.1) is 6.61 Å². The minimum atomic E-state index is -0.551. The number of halogens is 1. The molecular weight excluding hydrogens is 297 g/mol. The topological polar surface area (TPSA) is 84.4 Å². The summed E-state index contributed by atoms with van der Waals surface area (Å²) < 4.78 is 19.7. The number of para-hydroxylation sites is 1. The van der Waals surface area contributed by atoms with E-state index < -0.39 is 5.82 Å². The molecule has 1 fully saturated rings. The highest BCUT2D eigenvalue weighted by Crippen LogP contribution is 2.29. The Morgan fingerprint density at radius 3 is 2.74 bits per heavy atom. The Morgan fingerprint density at radius 1 is 1.39 bits per heavy atom. The van der Waals surface area contributed by atoms with Crippen molar-refractivity contribution < 1.29 is 9.13 Å². The van der Waals surface area contributed by atoms with Gasteiger partial charge < -0.3 is 9.64 Å². The first-order chi connectivity index (χ1) is 11.1. The fourth-order valence-electron chi connectivity index (χ4n) is 2.36. The molecule has 0 atom stereocenters. The Hall–Kier alpha value is -2.64. The molecule has 6 nitrogen and oxygen atoms in total. The smallest absolute Gasteiger partial charge is 0.237 e. The Kier molecular flexibility index (Phi) is 5.90. The lowest BCUT2D eigenvalue weighted by Gasteiger charge is -2.28. The van der Waals surface area contributed by atoms with E-state index in [0.717, 1.165) is 25.9 Å². The maximum atomic E-state index is 13.9. The van der Waals surface area contributed by atoms with Crippen molar-refractivity contribution in [2.75, 3.05) is 32.2 Å². The first kappa shape index (κ1) is 16.7. The number of nitriles is 2. The average molecular weight is 315 g/mol. The Labute approximate surface area is 134 Å². The molecule has 1 N–H and O–H groups in total. The van der Waals surface area contributed by atoms with Gasteiger partial charge in [-0.15, -0.1) is 0 Å². The quantitative estimate of drug-likeness (QED) is 0.666. The van der Waals surface area contributed by atoms with Gasteiger partial charge in [-0.1, -0.05) is 6.07 Å². The lowest BCUT2D eigenvalue weighted by Crippen LogP contribution is -2.32. The summed E-state index contributed by atoms with van der Waals surface area (Å²) in [6, 6.07) is 7.66. The molecule has 23 heavy (non-hydrogen) atoms. The first-order valence-corrected chi connectivity index (χ1v) is 7.37. The largest absolute Gasteiger partial charge is 0.491 e. The van der Waals surface area contributed by atoms with Crippen LogP contribution in [-0.2, 0) is 0 Å². The van der Waals surface area contributed by atoms with Crippen molar-refractivity contribution >= 4 is 11.4 Å². The first-order valence-electron chi connectivity index (χ1n) is 7.37. The van der Waals surface area contributed by atoms with E-state index in [2.05, 4.69) is 22.5 Å². The minimum Gasteiger partial charge on any atom is -0.491 e. The Bertz CT molecular complexity index is 637. The van der Waals surface area contributed by atoms with Gasteiger partial charge in [0.1, 0.15) is 23.6 Å². The van der Waals surface area contributed by atoms with E-state index in [0.29, 0.717) is 18.3 Å². The van der Waals surface area contributed by atoms with Gasteiger partial charge in [-0.05, 0) is 51.0 Å². The summed E-state index contributed by atoms with van der Waals surface area (Å²) in [5, 5.41) is 20.9. The maximum Gasteiger partial charge on any atom is 0.237 e. The molecule has 1 heterocycles. The second-order valence-corrected chi connectivity index (χ2v) is 5.47. The fourth-order valence-corrected chi connectivity index (χ4v) is 2.36. The average Bonchev–Trinajstić information content (AvgIpc) is 2.57. The lowest BCUT2D eigenvalue weighted by molar-refractivity contribution is 0.160. The van der Waals surface area contributed by atoms with Crippen molar-refractivity contribution in [1.82, 2.24) is 4.90 Å². The number of hydrazone groups is 1. The van der Waals surface area contributed by atoms with Crippen molar-refractivity contribution in [2.24, 2.45) is 11.0 Å². The second kappa shape index (κ2) is 8.11. The molecule has 0 spiro atoms. The SMILES string of the molecule is CN1CCC(COc2cccc(F)c2NN=C(C#N)C#N)CC1. The zero-order valence-corrected chi connectivity index (χ0v) is 12.9. The van der Waals surface area contributed by atoms with E-state index in [1.807, 2.05) is 0 Å². The van der Waals surface area contributed by atoms with E-state index in [4.69, 9.17) is 15.3 Å². The summed E-state index contributed by atoms with van der Waals surface area (Å²) in [5.41, 5.74) is 2.06. The zero-order valence-electron chi connectivity index (χ0n) is 12.9. The second-order valence-electron chi connectivity index (χ2n) is 5.47. The molecule has 0 aromatic heterocycles. The van der Waals surface area contributed by atoms with E-state index in [9.17, 15) is 4.39 Å². The standard InChI is InChI=1S/C16H18FN5O/c1-22-7-5-12(6-8-22)11-23-15-4-2-3-14(17)16(15)21-20-13(9-18)10-19/h2-4,12,21H,5-8,11H2,1H3. The van der Waals surface area contributed by atoms with Crippen LogP contribution in [0, 0.1) is 34.4 Å². The van der Waals surface area contributed by atoms with Gasteiger partial charge in [0.2, 0.25) is 5.71 Å². The molecule has 7 heteroatoms. The maximum absolute atomic E-state index is 13.9. The number of benzene rings is 1. The van der Waals surface area contributed by atoms with Crippen LogP contribution in [0.1, 0.15) is 12.8 Å². The molecule has 2 rings (SSSR count). The molecule has 1 aliphatic rings. The fraction of sp³-hybridized carbons (Fsp3) is 0.438. The van der Waals surface area contributed by atoms with Crippen molar-refractivity contribution in [3.05, 3.63) is 24.0 Å². The number of anilines is 1. The molecule has 0 amide bonds. The number of rotatable bonds is 5. The lowest BCUT2D eigenvalue weighted by atomic mass is 9.98. The third-order valence-corrected chi connectivity index (χ3v) is 3.78. The summed E-state index contributed by atoms with van der Waals surface area (Å²) in [5.74, 6) is 0.201. The van der Waals surface area contributed by atoms with Gasteiger partial charge in [-0.2, -0.15) is 15.6 Å². The number of piperidine rings is 1. The van der Waals surface area contributed by atoms with Crippen LogP contribution < -0.4 is 10.2 Å². The summed E-state index contributed by atoms with van der Waals surface area (Å²) >= 11 is 0. The van der Waals surface area contributed by atoms with Crippen LogP contribution in [0.2, 0.25) is 0 Å². The van der Waals surface area contributed by atoms with E-state index >= 15 is 0 Å². The molecule has 1 aromatic rings. The molecule has 1 aromatic carbocycles. The van der Waals surface area contributed by atoms with Gasteiger partial charge in [0, 0.05) is 0 Å². The van der Waals surface area contributed by atoms with Crippen LogP contribution in [0.25, 0.3) is 0 Å². The van der Waals surface area contributed by atoms with Crippen molar-refractivity contribution in [3.8, 4) is 17.9 Å². The van der Waals surface area contributed by atoms with Gasteiger partial charge in [0.15, 0.2) is 5.82 Å². The molecule has 0 aliphatic carbocycles. The van der Waals surface area contributed by atoms with Gasteiger partial charge >= 0.3 is 0 Å². The normalized spacial score (nSPS) is 15.3. The molecule has 0 saturated carbocycles. The predicted octanol–water partition coefficient (Wildman–Crippen LogP) is 2.36. The highest BCUT2D eigenvalue weighted by atomic mass is 19.1. The third kappa shape index (κ3) is 4.67. The third-order valence-electron chi connectivity index (χ3n) is 3.78. The minimum absolute atomic E-state index is 0.0310. The molecule has 0 unspecified atom stereocenters. The molecule has 0 bridgehead atoms. The monoisotopic (exact) mass is 315 g/mol. The molecule has 120 valence electrons. The van der Waals surface area contributed by atoms with E-state index in [1.165, 1.54) is 6.07 Å². The summed E-state index contributed by atoms with van der Waals surface area (Å²) in [6.45, 7) is 2.56. The van der Waals surface area contributed by atoms with Crippen molar-refractivity contribution in [1.29, 1.82) is 10.5 Å². The van der Waals surface area contributed by atoms with Crippen LogP contribution in [-0.4, -0.2) is 37.4 Å². The number of hydrogen-bond acceptors (Lipinski definition) is 6. The zero-order chi connectivity index (χ0) is 16.7. The highest BCUT2D eigenvalue weighted by molar-refractivity contribution is 6.10. The molecule has 1 aliphatic heterocycles. The van der Waals surface area contributed by atoms with Crippen LogP contribution in [0.3, 0.4) is 0 Å². The molecular formula is C16H18FN5O. The van der Waals surface area contributed by atoms with Crippen LogP contribution >= 0.6 is 0 Å². The Balaban J connectivity index is 2.04. The highest BCUT2D eigenvalue weighted by Gasteiger charge is 2.18. The van der Waals surface area contributed by atoms with Crippen molar-refractivity contribution in [2.45, 2.75) is 12.8 Å². The van der Waals surface area contributed by atoms with Gasteiger partial charge in [0.25, 0.3) is 0 Å². The van der Waals surface area contributed by atoms with E-state index in [-0.39, 0.29) is 11.4 Å². The molecule has 0 radical (unpaired) electrons. The van der Waals surface area contributed by atoms with Crippen molar-refractivity contribution in [3.63, 3.8) is 0 Å². The Morgan fingerprint density at radius 2 is 2.09 bits per heavy atom. The number of nitrogens with zero attached hydrogens (tertiary/aromatic N) is 4. The van der Waals surface area contributed by atoms with Gasteiger partial charge in [-0.3, -0.25) is 5.43 Å². The predicted molar refractivity (Wildman–Crippen MR) is 84.4 cm³/mol. The van der Waals surface area contributed by atoms with E-state index in [1.54, 1.807) is 24.3 Å². The summed E-state index contributed by atoms with van der Waals surface area (Å²) in [4.78, 5) is 2.27. The number of ether oxygens (including phenoxy) is 1.